The lowest BCUT2D eigenvalue weighted by molar-refractivity contribution is 1.17. The molecule has 0 fully saturated rings. The first-order valence-electron chi connectivity index (χ1n) is 18.1. The molecule has 0 aliphatic rings. The van der Waals surface area contributed by atoms with Crippen LogP contribution in [-0.4, -0.2) is 4.57 Å². The van der Waals surface area contributed by atoms with Gasteiger partial charge in [-0.3, -0.25) is 0 Å². The second-order valence-corrected chi connectivity index (χ2v) is 13.4. The summed E-state index contributed by atoms with van der Waals surface area (Å²) < 4.78 is 2.43. The van der Waals surface area contributed by atoms with Gasteiger partial charge in [0, 0.05) is 50.0 Å². The minimum atomic E-state index is 1.10. The molecule has 10 rings (SSSR count). The Labute approximate surface area is 308 Å². The fourth-order valence-corrected chi connectivity index (χ4v) is 7.94. The number of hydrogen-bond acceptors (Lipinski definition) is 2. The quantitative estimate of drug-likeness (QED) is 0.166. The van der Waals surface area contributed by atoms with Crippen LogP contribution < -0.4 is 9.80 Å². The summed E-state index contributed by atoms with van der Waals surface area (Å²) in [4.78, 5) is 4.77. The number of para-hydroxylation sites is 3. The third-order valence-corrected chi connectivity index (χ3v) is 10.3. The van der Waals surface area contributed by atoms with Gasteiger partial charge in [-0.25, -0.2) is 0 Å². The summed E-state index contributed by atoms with van der Waals surface area (Å²) in [5.41, 5.74) is 10.1. The number of fused-ring (bicyclic) bond motifs is 5. The highest BCUT2D eigenvalue weighted by atomic mass is 15.2. The average Bonchev–Trinajstić information content (AvgIpc) is 3.55. The van der Waals surface area contributed by atoms with Crippen LogP contribution in [0.15, 0.2) is 212 Å². The maximum absolute atomic E-state index is 2.43. The number of hydrogen-bond donors (Lipinski definition) is 0. The van der Waals surface area contributed by atoms with E-state index in [9.17, 15) is 0 Å². The van der Waals surface area contributed by atoms with E-state index in [4.69, 9.17) is 0 Å². The molecule has 0 atom stereocenters. The first kappa shape index (κ1) is 30.7. The molecular formula is C50H35N3. The van der Waals surface area contributed by atoms with Crippen molar-refractivity contribution in [2.24, 2.45) is 0 Å². The molecule has 0 saturated carbocycles. The van der Waals surface area contributed by atoms with Crippen molar-refractivity contribution in [3.05, 3.63) is 212 Å². The van der Waals surface area contributed by atoms with E-state index in [1.807, 2.05) is 0 Å². The second-order valence-electron chi connectivity index (χ2n) is 13.4. The van der Waals surface area contributed by atoms with E-state index < -0.39 is 0 Å². The fourth-order valence-electron chi connectivity index (χ4n) is 7.94. The third-order valence-electron chi connectivity index (χ3n) is 10.3. The summed E-state index contributed by atoms with van der Waals surface area (Å²) in [5.74, 6) is 0. The largest absolute Gasteiger partial charge is 0.310 e. The van der Waals surface area contributed by atoms with E-state index in [0.29, 0.717) is 0 Å². The molecule has 3 heteroatoms. The van der Waals surface area contributed by atoms with Crippen LogP contribution in [0.5, 0.6) is 0 Å². The normalized spacial score (nSPS) is 11.4. The van der Waals surface area contributed by atoms with Crippen molar-refractivity contribution in [1.29, 1.82) is 0 Å². The molecule has 0 N–H and O–H groups in total. The Morgan fingerprint density at radius 2 is 0.679 bits per heavy atom. The highest BCUT2D eigenvalue weighted by Crippen LogP contribution is 2.44. The molecule has 0 aliphatic carbocycles. The van der Waals surface area contributed by atoms with Crippen molar-refractivity contribution < 1.29 is 0 Å². The van der Waals surface area contributed by atoms with Gasteiger partial charge in [-0.15, -0.1) is 0 Å². The van der Waals surface area contributed by atoms with Gasteiger partial charge in [0.05, 0.1) is 22.4 Å². The van der Waals surface area contributed by atoms with Crippen molar-refractivity contribution in [2.45, 2.75) is 0 Å². The van der Waals surface area contributed by atoms with Crippen molar-refractivity contribution in [2.75, 3.05) is 9.80 Å². The van der Waals surface area contributed by atoms with E-state index in [1.54, 1.807) is 0 Å². The first-order chi connectivity index (χ1) is 26.3. The van der Waals surface area contributed by atoms with Crippen LogP contribution in [0.1, 0.15) is 0 Å². The number of benzene rings is 9. The first-order valence-corrected chi connectivity index (χ1v) is 18.1. The topological polar surface area (TPSA) is 11.4 Å². The summed E-state index contributed by atoms with van der Waals surface area (Å²) >= 11 is 0. The van der Waals surface area contributed by atoms with Crippen molar-refractivity contribution in [3.63, 3.8) is 0 Å². The molecule has 9 aromatic carbocycles. The van der Waals surface area contributed by atoms with Gasteiger partial charge in [0.25, 0.3) is 0 Å². The van der Waals surface area contributed by atoms with E-state index in [2.05, 4.69) is 227 Å². The molecule has 1 heterocycles. The predicted molar refractivity (Wildman–Crippen MR) is 225 cm³/mol. The fraction of sp³-hybridized carbons (Fsp3) is 0. The molecule has 0 radical (unpaired) electrons. The van der Waals surface area contributed by atoms with Crippen LogP contribution in [0.25, 0.3) is 49.0 Å². The van der Waals surface area contributed by atoms with Gasteiger partial charge < -0.3 is 14.4 Å². The van der Waals surface area contributed by atoms with Crippen molar-refractivity contribution in [1.82, 2.24) is 4.57 Å². The van der Waals surface area contributed by atoms with Crippen LogP contribution in [0.3, 0.4) is 0 Å². The highest BCUT2D eigenvalue weighted by Gasteiger charge is 2.21. The van der Waals surface area contributed by atoms with E-state index in [0.717, 1.165) is 50.8 Å². The Morgan fingerprint density at radius 1 is 0.283 bits per heavy atom. The Balaban J connectivity index is 1.23. The molecule has 3 nitrogen and oxygen atoms in total. The second kappa shape index (κ2) is 12.9. The van der Waals surface area contributed by atoms with Crippen molar-refractivity contribution in [3.8, 4) is 5.69 Å². The maximum atomic E-state index is 2.43. The Hall–Kier alpha value is -7.10. The van der Waals surface area contributed by atoms with E-state index in [1.165, 1.54) is 32.3 Å². The average molecular weight is 678 g/mol. The SMILES string of the molecule is c1ccc(N(c2ccc3c4ccc(N(c5ccccc5)c5cccc6ccccc56)cc4n(-c4ccccc4)c3c2)c2cccc3ccccc23)cc1. The number of anilines is 6. The molecule has 250 valence electrons. The number of aromatic nitrogens is 1. The van der Waals surface area contributed by atoms with Crippen LogP contribution in [0, 0.1) is 0 Å². The number of nitrogens with zero attached hydrogens (tertiary/aromatic N) is 3. The molecule has 0 spiro atoms. The van der Waals surface area contributed by atoms with Crippen LogP contribution in [-0.2, 0) is 0 Å². The zero-order valence-corrected chi connectivity index (χ0v) is 29.0. The Kier molecular flexibility index (Phi) is 7.47. The van der Waals surface area contributed by atoms with Gasteiger partial charge >= 0.3 is 0 Å². The van der Waals surface area contributed by atoms with Crippen molar-refractivity contribution >= 4 is 77.5 Å². The van der Waals surface area contributed by atoms with Crippen LogP contribution in [0.2, 0.25) is 0 Å². The zero-order chi connectivity index (χ0) is 35.1. The third kappa shape index (κ3) is 5.30. The lowest BCUT2D eigenvalue weighted by atomic mass is 10.1. The molecule has 0 amide bonds. The monoisotopic (exact) mass is 677 g/mol. The van der Waals surface area contributed by atoms with E-state index in [-0.39, 0.29) is 0 Å². The molecule has 53 heavy (non-hydrogen) atoms. The molecular weight excluding hydrogens is 643 g/mol. The maximum Gasteiger partial charge on any atom is 0.0561 e. The highest BCUT2D eigenvalue weighted by molar-refractivity contribution is 6.12. The van der Waals surface area contributed by atoms with Gasteiger partial charge in [-0.05, 0) is 83.6 Å². The van der Waals surface area contributed by atoms with Gasteiger partial charge in [0.15, 0.2) is 0 Å². The lowest BCUT2D eigenvalue weighted by Crippen LogP contribution is -2.10. The molecule has 10 aromatic rings. The predicted octanol–water partition coefficient (Wildman–Crippen LogP) is 14.0. The standard InChI is InChI=1S/C50H35N3/c1-4-20-38(21-5-1)51(47-28-14-18-36-16-10-12-26-43(36)47)41-30-32-45-46-33-31-42(35-50(46)53(49(45)34-41)40-24-8-3-9-25-40)52(39-22-6-2-7-23-39)48-29-15-19-37-17-11-13-27-44(37)48/h1-35H. The summed E-state index contributed by atoms with van der Waals surface area (Å²) in [6.07, 6.45) is 0. The molecule has 0 bridgehead atoms. The zero-order valence-electron chi connectivity index (χ0n) is 29.0. The van der Waals surface area contributed by atoms with Gasteiger partial charge in [0.1, 0.15) is 0 Å². The van der Waals surface area contributed by atoms with E-state index >= 15 is 0 Å². The molecule has 0 aliphatic heterocycles. The molecule has 0 unspecified atom stereocenters. The molecule has 1 aromatic heterocycles. The Morgan fingerprint density at radius 3 is 1.15 bits per heavy atom. The minimum Gasteiger partial charge on any atom is -0.310 e. The van der Waals surface area contributed by atoms with Crippen LogP contribution >= 0.6 is 0 Å². The van der Waals surface area contributed by atoms with Gasteiger partial charge in [-0.2, -0.15) is 0 Å². The van der Waals surface area contributed by atoms with Gasteiger partial charge in [-0.1, -0.05) is 140 Å². The Bertz CT molecular complexity index is 2700. The smallest absolute Gasteiger partial charge is 0.0561 e. The summed E-state index contributed by atoms with van der Waals surface area (Å²) in [7, 11) is 0. The van der Waals surface area contributed by atoms with Crippen LogP contribution in [0.4, 0.5) is 34.1 Å². The minimum absolute atomic E-state index is 1.10. The summed E-state index contributed by atoms with van der Waals surface area (Å²) in [6, 6.07) is 76.4. The summed E-state index contributed by atoms with van der Waals surface area (Å²) in [6.45, 7) is 0. The molecule has 0 saturated heterocycles. The lowest BCUT2D eigenvalue weighted by Gasteiger charge is -2.27. The van der Waals surface area contributed by atoms with Gasteiger partial charge in [0.2, 0.25) is 0 Å². The number of rotatable bonds is 7. The summed E-state index contributed by atoms with van der Waals surface area (Å²) in [5, 5.41) is 7.27.